The highest BCUT2D eigenvalue weighted by Gasteiger charge is 1.94. The Morgan fingerprint density at radius 1 is 1.06 bits per heavy atom. The SMILES string of the molecule is Cc1cc[nH]c(=O)c1.Cc1cc[nH]c(=O)c1Br. The molecule has 0 aromatic carbocycles. The van der Waals surface area contributed by atoms with E-state index >= 15 is 0 Å². The molecule has 0 unspecified atom stereocenters. The summed E-state index contributed by atoms with van der Waals surface area (Å²) in [5.74, 6) is 0. The molecule has 4 nitrogen and oxygen atoms in total. The van der Waals surface area contributed by atoms with E-state index in [2.05, 4.69) is 25.9 Å². The lowest BCUT2D eigenvalue weighted by molar-refractivity contribution is 1.18. The van der Waals surface area contributed by atoms with Gasteiger partial charge in [0.05, 0.1) is 4.47 Å². The van der Waals surface area contributed by atoms with Gasteiger partial charge in [0.2, 0.25) is 5.56 Å². The largest absolute Gasteiger partial charge is 0.329 e. The quantitative estimate of drug-likeness (QED) is 0.782. The second-order valence-electron chi connectivity index (χ2n) is 3.53. The van der Waals surface area contributed by atoms with Crippen molar-refractivity contribution in [3.63, 3.8) is 0 Å². The predicted molar refractivity (Wildman–Crippen MR) is 71.3 cm³/mol. The molecule has 0 fully saturated rings. The summed E-state index contributed by atoms with van der Waals surface area (Å²) in [6, 6.07) is 5.24. The number of hydrogen-bond donors (Lipinski definition) is 2. The summed E-state index contributed by atoms with van der Waals surface area (Å²) < 4.78 is 0.616. The lowest BCUT2D eigenvalue weighted by Crippen LogP contribution is -2.05. The van der Waals surface area contributed by atoms with Crippen molar-refractivity contribution in [2.24, 2.45) is 0 Å². The number of halogens is 1. The molecule has 2 rings (SSSR count). The van der Waals surface area contributed by atoms with Crippen LogP contribution in [0.2, 0.25) is 0 Å². The van der Waals surface area contributed by atoms with E-state index in [0.717, 1.165) is 11.1 Å². The van der Waals surface area contributed by atoms with Crippen molar-refractivity contribution in [2.75, 3.05) is 0 Å². The van der Waals surface area contributed by atoms with E-state index in [1.165, 1.54) is 0 Å². The second-order valence-corrected chi connectivity index (χ2v) is 4.33. The molecule has 0 aliphatic heterocycles. The Hall–Kier alpha value is -1.62. The van der Waals surface area contributed by atoms with Crippen LogP contribution in [0.4, 0.5) is 0 Å². The standard InChI is InChI=1S/C6H6BrNO.C6H7NO/c1-4-2-3-8-6(9)5(4)7;1-5-2-3-7-6(8)4-5/h2-3H,1H3,(H,8,9);2-4H,1H3,(H,7,8). The lowest BCUT2D eigenvalue weighted by atomic mass is 10.3. The van der Waals surface area contributed by atoms with Crippen LogP contribution >= 0.6 is 15.9 Å². The molecule has 0 saturated heterocycles. The molecule has 0 bridgehead atoms. The van der Waals surface area contributed by atoms with Gasteiger partial charge in [0.1, 0.15) is 0 Å². The van der Waals surface area contributed by atoms with E-state index in [0.29, 0.717) is 4.47 Å². The van der Waals surface area contributed by atoms with E-state index in [-0.39, 0.29) is 11.1 Å². The number of H-pyrrole nitrogens is 2. The van der Waals surface area contributed by atoms with Gasteiger partial charge >= 0.3 is 0 Å². The first-order chi connectivity index (χ1) is 8.00. The Kier molecular flexibility index (Phi) is 4.90. The maximum Gasteiger partial charge on any atom is 0.262 e. The molecule has 2 N–H and O–H groups in total. The van der Waals surface area contributed by atoms with Crippen molar-refractivity contribution in [1.29, 1.82) is 0 Å². The number of aromatic amines is 2. The van der Waals surface area contributed by atoms with Gasteiger partial charge < -0.3 is 9.97 Å². The molecular formula is C12H13BrN2O2. The maximum atomic E-state index is 10.7. The molecule has 17 heavy (non-hydrogen) atoms. The minimum atomic E-state index is -0.0741. The summed E-state index contributed by atoms with van der Waals surface area (Å²) in [5, 5.41) is 0. The van der Waals surface area contributed by atoms with Crippen LogP contribution in [0.3, 0.4) is 0 Å². The fraction of sp³-hybridized carbons (Fsp3) is 0.167. The maximum absolute atomic E-state index is 10.7. The van der Waals surface area contributed by atoms with Gasteiger partial charge in [-0.3, -0.25) is 9.59 Å². The summed E-state index contributed by atoms with van der Waals surface area (Å²) >= 11 is 3.14. The molecule has 0 saturated carbocycles. The second kappa shape index (κ2) is 6.20. The van der Waals surface area contributed by atoms with Crippen LogP contribution in [0, 0.1) is 13.8 Å². The van der Waals surface area contributed by atoms with Crippen molar-refractivity contribution in [3.05, 3.63) is 66.9 Å². The van der Waals surface area contributed by atoms with Crippen LogP contribution in [0.5, 0.6) is 0 Å². The summed E-state index contributed by atoms with van der Waals surface area (Å²) in [6.45, 7) is 3.76. The highest BCUT2D eigenvalue weighted by Crippen LogP contribution is 2.06. The van der Waals surface area contributed by atoms with Crippen LogP contribution in [-0.2, 0) is 0 Å². The van der Waals surface area contributed by atoms with Crippen molar-refractivity contribution in [3.8, 4) is 0 Å². The minimum Gasteiger partial charge on any atom is -0.329 e. The molecule has 0 radical (unpaired) electrons. The van der Waals surface area contributed by atoms with Crippen molar-refractivity contribution in [2.45, 2.75) is 13.8 Å². The summed E-state index contributed by atoms with van der Waals surface area (Å²) in [6.07, 6.45) is 3.26. The number of hydrogen-bond acceptors (Lipinski definition) is 2. The smallest absolute Gasteiger partial charge is 0.262 e. The topological polar surface area (TPSA) is 65.7 Å². The molecule has 2 heterocycles. The minimum absolute atomic E-state index is 0.0370. The third-order valence-electron chi connectivity index (χ3n) is 2.02. The number of aromatic nitrogens is 2. The molecule has 5 heteroatoms. The van der Waals surface area contributed by atoms with Crippen molar-refractivity contribution >= 4 is 15.9 Å². The van der Waals surface area contributed by atoms with Crippen LogP contribution < -0.4 is 11.1 Å². The molecule has 0 spiro atoms. The third-order valence-corrected chi connectivity index (χ3v) is 3.01. The Morgan fingerprint density at radius 3 is 2.12 bits per heavy atom. The molecule has 0 aliphatic carbocycles. The van der Waals surface area contributed by atoms with E-state index in [4.69, 9.17) is 0 Å². The molecule has 2 aromatic heterocycles. The Balaban J connectivity index is 0.000000171. The van der Waals surface area contributed by atoms with Crippen molar-refractivity contribution in [1.82, 2.24) is 9.97 Å². The summed E-state index contributed by atoms with van der Waals surface area (Å²) in [4.78, 5) is 26.2. The number of nitrogens with one attached hydrogen (secondary N) is 2. The van der Waals surface area contributed by atoms with Gasteiger partial charge in [-0.15, -0.1) is 0 Å². The van der Waals surface area contributed by atoms with Gasteiger partial charge in [-0.2, -0.15) is 0 Å². The van der Waals surface area contributed by atoms with Crippen molar-refractivity contribution < 1.29 is 0 Å². The number of aryl methyl sites for hydroxylation is 2. The molecular weight excluding hydrogens is 284 g/mol. The fourth-order valence-electron chi connectivity index (χ4n) is 1.11. The Bertz CT molecular complexity index is 602. The van der Waals surface area contributed by atoms with Gasteiger partial charge in [-0.1, -0.05) is 0 Å². The normalized spacial score (nSPS) is 9.35. The fourth-order valence-corrected chi connectivity index (χ4v) is 1.36. The highest BCUT2D eigenvalue weighted by atomic mass is 79.9. The van der Waals surface area contributed by atoms with Crippen LogP contribution in [0.1, 0.15) is 11.1 Å². The number of pyridine rings is 2. The first-order valence-electron chi connectivity index (χ1n) is 5.00. The third kappa shape index (κ3) is 4.40. The molecule has 0 atom stereocenters. The summed E-state index contributed by atoms with van der Waals surface area (Å²) in [7, 11) is 0. The Labute approximate surface area is 107 Å². The zero-order valence-electron chi connectivity index (χ0n) is 9.58. The van der Waals surface area contributed by atoms with Crippen LogP contribution in [-0.4, -0.2) is 9.97 Å². The molecule has 90 valence electrons. The number of rotatable bonds is 0. The first kappa shape index (κ1) is 13.4. The zero-order chi connectivity index (χ0) is 12.8. The van der Waals surface area contributed by atoms with Crippen LogP contribution in [0.15, 0.2) is 44.7 Å². The van der Waals surface area contributed by atoms with Gasteiger partial charge in [0.25, 0.3) is 5.56 Å². The van der Waals surface area contributed by atoms with Gasteiger partial charge in [0.15, 0.2) is 0 Å². The van der Waals surface area contributed by atoms with Gasteiger partial charge in [-0.05, 0) is 53.0 Å². The average Bonchev–Trinajstić information content (AvgIpc) is 2.26. The van der Waals surface area contributed by atoms with E-state index in [1.54, 1.807) is 18.5 Å². The highest BCUT2D eigenvalue weighted by molar-refractivity contribution is 9.10. The predicted octanol–water partition coefficient (Wildman–Crippen LogP) is 2.13. The zero-order valence-corrected chi connectivity index (χ0v) is 11.2. The van der Waals surface area contributed by atoms with Gasteiger partial charge in [-0.25, -0.2) is 0 Å². The molecule has 0 aliphatic rings. The van der Waals surface area contributed by atoms with E-state index < -0.39 is 0 Å². The lowest BCUT2D eigenvalue weighted by Gasteiger charge is -1.91. The Morgan fingerprint density at radius 2 is 1.71 bits per heavy atom. The molecule has 2 aromatic rings. The molecule has 0 amide bonds. The first-order valence-corrected chi connectivity index (χ1v) is 5.79. The van der Waals surface area contributed by atoms with E-state index in [1.807, 2.05) is 26.0 Å². The van der Waals surface area contributed by atoms with Gasteiger partial charge in [0, 0.05) is 18.5 Å². The average molecular weight is 297 g/mol. The monoisotopic (exact) mass is 296 g/mol. The van der Waals surface area contributed by atoms with Crippen LogP contribution in [0.25, 0.3) is 0 Å². The van der Waals surface area contributed by atoms with E-state index in [9.17, 15) is 9.59 Å². The summed E-state index contributed by atoms with van der Waals surface area (Å²) in [5.41, 5.74) is 1.84.